The summed E-state index contributed by atoms with van der Waals surface area (Å²) in [6.45, 7) is 1.71. The third kappa shape index (κ3) is 5.26. The fraction of sp³-hybridized carbons (Fsp3) is 0.333. The number of carbonyl (C=O) groups excluding carboxylic acids is 1. The summed E-state index contributed by atoms with van der Waals surface area (Å²) in [5, 5.41) is 3.25. The zero-order chi connectivity index (χ0) is 19.3. The summed E-state index contributed by atoms with van der Waals surface area (Å²) in [7, 11) is -4.00. The van der Waals surface area contributed by atoms with Gasteiger partial charge in [0.1, 0.15) is 10.7 Å². The Morgan fingerprint density at radius 2 is 2.07 bits per heavy atom. The molecule has 1 aliphatic heterocycles. The van der Waals surface area contributed by atoms with Gasteiger partial charge >= 0.3 is 0 Å². The maximum absolute atomic E-state index is 13.7. The molecule has 28 heavy (non-hydrogen) atoms. The predicted molar refractivity (Wildman–Crippen MR) is 105 cm³/mol. The smallest absolute Gasteiger partial charge is 0.243 e. The molecule has 10 heteroatoms. The van der Waals surface area contributed by atoms with Gasteiger partial charge in [-0.3, -0.25) is 9.78 Å². The number of aromatic nitrogens is 1. The SMILES string of the molecule is Cl.O=C(CCNS(=O)(=O)c1ccccc1F)N1CCNCC1c1cccnc1. The topological polar surface area (TPSA) is 91.4 Å². The molecule has 3 rings (SSSR count). The third-order valence-corrected chi connectivity index (χ3v) is 5.88. The molecule has 2 aromatic rings. The van der Waals surface area contributed by atoms with Gasteiger partial charge in [-0.2, -0.15) is 0 Å². The molecule has 0 saturated carbocycles. The highest BCUT2D eigenvalue weighted by Crippen LogP contribution is 2.22. The summed E-state index contributed by atoms with van der Waals surface area (Å²) < 4.78 is 40.4. The Morgan fingerprint density at radius 1 is 1.29 bits per heavy atom. The first-order chi connectivity index (χ1) is 13.0. The van der Waals surface area contributed by atoms with Crippen molar-refractivity contribution in [1.29, 1.82) is 0 Å². The molecule has 1 unspecified atom stereocenters. The van der Waals surface area contributed by atoms with Crippen LogP contribution in [0, 0.1) is 5.82 Å². The van der Waals surface area contributed by atoms with Gasteiger partial charge in [0.05, 0.1) is 6.04 Å². The van der Waals surface area contributed by atoms with E-state index in [1.165, 1.54) is 18.2 Å². The highest BCUT2D eigenvalue weighted by molar-refractivity contribution is 7.89. The number of nitrogens with one attached hydrogen (secondary N) is 2. The first kappa shape index (κ1) is 22.2. The third-order valence-electron chi connectivity index (χ3n) is 4.39. The van der Waals surface area contributed by atoms with Crippen LogP contribution in [0.5, 0.6) is 0 Å². The van der Waals surface area contributed by atoms with E-state index in [0.717, 1.165) is 11.6 Å². The van der Waals surface area contributed by atoms with Crippen LogP contribution in [0.1, 0.15) is 18.0 Å². The molecule has 1 atom stereocenters. The zero-order valence-corrected chi connectivity index (χ0v) is 16.7. The van der Waals surface area contributed by atoms with Gasteiger partial charge in [0, 0.05) is 45.0 Å². The van der Waals surface area contributed by atoms with Crippen molar-refractivity contribution in [3.05, 3.63) is 60.2 Å². The average molecular weight is 429 g/mol. The van der Waals surface area contributed by atoms with Crippen molar-refractivity contribution in [3.8, 4) is 0 Å². The Balaban J connectivity index is 0.00000280. The first-order valence-electron chi connectivity index (χ1n) is 8.63. The average Bonchev–Trinajstić information content (AvgIpc) is 2.68. The molecular formula is C18H22ClFN4O3S. The minimum Gasteiger partial charge on any atom is -0.333 e. The number of sulfonamides is 1. The molecule has 7 nitrogen and oxygen atoms in total. The monoisotopic (exact) mass is 428 g/mol. The lowest BCUT2D eigenvalue weighted by Gasteiger charge is -2.36. The number of hydrogen-bond acceptors (Lipinski definition) is 5. The standard InChI is InChI=1S/C18H21FN4O3S.ClH/c19-15-5-1-2-6-17(15)27(25,26)22-9-7-18(24)23-11-10-21-13-16(23)14-4-3-8-20-12-14;/h1-6,8,12,16,21-22H,7,9-11,13H2;1H. The van der Waals surface area contributed by atoms with E-state index in [-0.39, 0.29) is 37.3 Å². The van der Waals surface area contributed by atoms with Gasteiger partial charge < -0.3 is 10.2 Å². The highest BCUT2D eigenvalue weighted by atomic mass is 35.5. The van der Waals surface area contributed by atoms with Crippen LogP contribution in [0.3, 0.4) is 0 Å². The van der Waals surface area contributed by atoms with E-state index in [2.05, 4.69) is 15.0 Å². The van der Waals surface area contributed by atoms with Gasteiger partial charge in [-0.15, -0.1) is 12.4 Å². The van der Waals surface area contributed by atoms with Crippen LogP contribution in [-0.2, 0) is 14.8 Å². The van der Waals surface area contributed by atoms with Crippen LogP contribution >= 0.6 is 12.4 Å². The summed E-state index contributed by atoms with van der Waals surface area (Å²) in [4.78, 5) is 18.0. The van der Waals surface area contributed by atoms with Gasteiger partial charge in [0.15, 0.2) is 0 Å². The second kappa shape index (κ2) is 9.92. The molecule has 1 fully saturated rings. The number of piperazine rings is 1. The van der Waals surface area contributed by atoms with Crippen LogP contribution in [-0.4, -0.2) is 50.4 Å². The normalized spacial score (nSPS) is 17.0. The summed E-state index contributed by atoms with van der Waals surface area (Å²) in [6.07, 6.45) is 3.38. The number of carbonyl (C=O) groups is 1. The van der Waals surface area contributed by atoms with Crippen molar-refractivity contribution in [2.75, 3.05) is 26.2 Å². The van der Waals surface area contributed by atoms with Crippen LogP contribution in [0.15, 0.2) is 53.7 Å². The Kier molecular flexibility index (Phi) is 7.88. The quantitative estimate of drug-likeness (QED) is 0.727. The molecule has 2 N–H and O–H groups in total. The Labute approximate surface area is 169 Å². The number of nitrogens with zero attached hydrogens (tertiary/aromatic N) is 2. The molecular weight excluding hydrogens is 407 g/mol. The predicted octanol–water partition coefficient (Wildman–Crippen LogP) is 1.48. The van der Waals surface area contributed by atoms with Crippen molar-refractivity contribution >= 4 is 28.3 Å². The molecule has 1 aromatic heterocycles. The van der Waals surface area contributed by atoms with E-state index in [0.29, 0.717) is 19.6 Å². The molecule has 2 heterocycles. The second-order valence-electron chi connectivity index (χ2n) is 6.17. The molecule has 1 aromatic carbocycles. The van der Waals surface area contributed by atoms with Crippen molar-refractivity contribution < 1.29 is 17.6 Å². The number of amides is 1. The number of halogens is 2. The number of benzene rings is 1. The van der Waals surface area contributed by atoms with Crippen LogP contribution < -0.4 is 10.0 Å². The Hall–Kier alpha value is -2.07. The van der Waals surface area contributed by atoms with E-state index >= 15 is 0 Å². The lowest BCUT2D eigenvalue weighted by molar-refractivity contribution is -0.134. The minimum atomic E-state index is -4.00. The van der Waals surface area contributed by atoms with E-state index in [1.54, 1.807) is 17.3 Å². The first-order valence-corrected chi connectivity index (χ1v) is 10.1. The molecule has 1 saturated heterocycles. The molecule has 0 aliphatic carbocycles. The molecule has 0 spiro atoms. The molecule has 1 amide bonds. The largest absolute Gasteiger partial charge is 0.333 e. The summed E-state index contributed by atoms with van der Waals surface area (Å²) in [6, 6.07) is 8.71. The van der Waals surface area contributed by atoms with Crippen LogP contribution in [0.4, 0.5) is 4.39 Å². The summed E-state index contributed by atoms with van der Waals surface area (Å²) in [5.74, 6) is -0.989. The Bertz CT molecular complexity index is 899. The van der Waals surface area contributed by atoms with Crippen LogP contribution in [0.2, 0.25) is 0 Å². The molecule has 0 bridgehead atoms. The van der Waals surface area contributed by atoms with E-state index in [1.807, 2.05) is 12.1 Å². The van der Waals surface area contributed by atoms with E-state index in [9.17, 15) is 17.6 Å². The van der Waals surface area contributed by atoms with Gasteiger partial charge in [-0.05, 0) is 23.8 Å². The lowest BCUT2D eigenvalue weighted by Crippen LogP contribution is -2.49. The van der Waals surface area contributed by atoms with Crippen molar-refractivity contribution in [2.45, 2.75) is 17.4 Å². The highest BCUT2D eigenvalue weighted by Gasteiger charge is 2.28. The van der Waals surface area contributed by atoms with Crippen molar-refractivity contribution in [1.82, 2.24) is 19.9 Å². The van der Waals surface area contributed by atoms with E-state index in [4.69, 9.17) is 0 Å². The molecule has 1 aliphatic rings. The second-order valence-corrected chi connectivity index (χ2v) is 7.91. The zero-order valence-electron chi connectivity index (χ0n) is 15.0. The minimum absolute atomic E-state index is 0. The van der Waals surface area contributed by atoms with Gasteiger partial charge in [-0.1, -0.05) is 18.2 Å². The fourth-order valence-electron chi connectivity index (χ4n) is 3.05. The van der Waals surface area contributed by atoms with Gasteiger partial charge in [-0.25, -0.2) is 17.5 Å². The summed E-state index contributed by atoms with van der Waals surface area (Å²) in [5.41, 5.74) is 0.921. The maximum Gasteiger partial charge on any atom is 0.243 e. The number of pyridine rings is 1. The van der Waals surface area contributed by atoms with Crippen LogP contribution in [0.25, 0.3) is 0 Å². The maximum atomic E-state index is 13.7. The number of hydrogen-bond donors (Lipinski definition) is 2. The number of rotatable bonds is 6. The Morgan fingerprint density at radius 3 is 2.79 bits per heavy atom. The van der Waals surface area contributed by atoms with Gasteiger partial charge in [0.2, 0.25) is 15.9 Å². The van der Waals surface area contributed by atoms with Crippen molar-refractivity contribution in [3.63, 3.8) is 0 Å². The fourth-order valence-corrected chi connectivity index (χ4v) is 4.16. The lowest BCUT2D eigenvalue weighted by atomic mass is 10.0. The molecule has 0 radical (unpaired) electrons. The van der Waals surface area contributed by atoms with E-state index < -0.39 is 20.7 Å². The van der Waals surface area contributed by atoms with Gasteiger partial charge in [0.25, 0.3) is 0 Å². The van der Waals surface area contributed by atoms with Crippen molar-refractivity contribution in [2.24, 2.45) is 0 Å². The molecule has 152 valence electrons. The summed E-state index contributed by atoms with van der Waals surface area (Å²) >= 11 is 0.